The van der Waals surface area contributed by atoms with Crippen molar-refractivity contribution in [2.45, 2.75) is 20.3 Å². The Morgan fingerprint density at radius 3 is 2.63 bits per heavy atom. The van der Waals surface area contributed by atoms with E-state index in [9.17, 15) is 12.8 Å². The van der Waals surface area contributed by atoms with Crippen LogP contribution in [0.25, 0.3) is 0 Å². The van der Waals surface area contributed by atoms with Gasteiger partial charge in [0.15, 0.2) is 0 Å². The van der Waals surface area contributed by atoms with Crippen LogP contribution in [0.4, 0.5) is 10.1 Å². The van der Waals surface area contributed by atoms with Crippen molar-refractivity contribution < 1.29 is 12.8 Å². The lowest BCUT2D eigenvalue weighted by atomic mass is 10.1. The van der Waals surface area contributed by atoms with E-state index in [-0.39, 0.29) is 28.8 Å². The molecule has 0 aromatic heterocycles. The fourth-order valence-corrected chi connectivity index (χ4v) is 2.83. The largest absolute Gasteiger partial charge is 0.384 e. The van der Waals surface area contributed by atoms with Crippen LogP contribution in [0.2, 0.25) is 0 Å². The minimum absolute atomic E-state index is 0.0284. The average Bonchev–Trinajstić information content (AvgIpc) is 2.28. The van der Waals surface area contributed by atoms with Gasteiger partial charge in [-0.05, 0) is 30.5 Å². The molecule has 1 aromatic rings. The summed E-state index contributed by atoms with van der Waals surface area (Å²) in [5.41, 5.74) is 5.46. The maximum Gasteiger partial charge on any atom is 0.232 e. The molecule has 0 saturated heterocycles. The van der Waals surface area contributed by atoms with E-state index in [2.05, 4.69) is 4.72 Å². The molecule has 0 aliphatic carbocycles. The molecule has 0 amide bonds. The van der Waals surface area contributed by atoms with Gasteiger partial charge in [-0.15, -0.1) is 0 Å². The van der Waals surface area contributed by atoms with Crippen molar-refractivity contribution in [2.24, 2.45) is 11.7 Å². The maximum atomic E-state index is 13.1. The molecular formula is C12H18FN3O2S. The number of rotatable bonds is 6. The smallest absolute Gasteiger partial charge is 0.232 e. The van der Waals surface area contributed by atoms with Crippen molar-refractivity contribution in [2.75, 3.05) is 10.5 Å². The molecule has 0 saturated carbocycles. The second-order valence-electron chi connectivity index (χ2n) is 4.71. The molecule has 4 N–H and O–H groups in total. The molecule has 5 nitrogen and oxygen atoms in total. The Morgan fingerprint density at radius 2 is 2.11 bits per heavy atom. The van der Waals surface area contributed by atoms with E-state index in [1.165, 1.54) is 6.07 Å². The van der Waals surface area contributed by atoms with E-state index in [0.717, 1.165) is 12.1 Å². The first-order chi connectivity index (χ1) is 8.71. The van der Waals surface area contributed by atoms with E-state index in [1.807, 2.05) is 13.8 Å². The van der Waals surface area contributed by atoms with Crippen LogP contribution in [0.1, 0.15) is 25.8 Å². The normalized spacial score (nSPS) is 11.6. The van der Waals surface area contributed by atoms with Gasteiger partial charge in [0, 0.05) is 5.56 Å². The van der Waals surface area contributed by atoms with Gasteiger partial charge in [-0.25, -0.2) is 12.8 Å². The van der Waals surface area contributed by atoms with Gasteiger partial charge in [0.1, 0.15) is 11.7 Å². The van der Waals surface area contributed by atoms with Gasteiger partial charge in [0.05, 0.1) is 11.4 Å². The van der Waals surface area contributed by atoms with Crippen molar-refractivity contribution in [3.05, 3.63) is 29.6 Å². The fraction of sp³-hybridized carbons (Fsp3) is 0.417. The van der Waals surface area contributed by atoms with Crippen LogP contribution in [-0.2, 0) is 10.0 Å². The molecule has 19 heavy (non-hydrogen) atoms. The Hall–Kier alpha value is -1.63. The van der Waals surface area contributed by atoms with Gasteiger partial charge in [0.2, 0.25) is 10.0 Å². The van der Waals surface area contributed by atoms with E-state index < -0.39 is 15.8 Å². The van der Waals surface area contributed by atoms with Crippen molar-refractivity contribution in [3.8, 4) is 0 Å². The number of nitrogen functional groups attached to an aromatic ring is 1. The summed E-state index contributed by atoms with van der Waals surface area (Å²) in [5.74, 6) is -0.729. The van der Waals surface area contributed by atoms with Crippen molar-refractivity contribution in [1.29, 1.82) is 5.41 Å². The SMILES string of the molecule is CC(C)CCS(=O)(=O)Nc1ccc(F)cc1C(=N)N. The quantitative estimate of drug-likeness (QED) is 0.550. The molecule has 7 heteroatoms. The summed E-state index contributed by atoms with van der Waals surface area (Å²) < 4.78 is 39.1. The Bertz CT molecular complexity index is 570. The number of amidine groups is 1. The van der Waals surface area contributed by atoms with Crippen LogP contribution >= 0.6 is 0 Å². The Balaban J connectivity index is 2.96. The number of benzene rings is 1. The van der Waals surface area contributed by atoms with Crippen LogP contribution in [0.15, 0.2) is 18.2 Å². The topological polar surface area (TPSA) is 96.0 Å². The zero-order valence-corrected chi connectivity index (χ0v) is 11.7. The molecular weight excluding hydrogens is 269 g/mol. The van der Waals surface area contributed by atoms with Crippen LogP contribution < -0.4 is 10.5 Å². The standard InChI is InChI=1S/C12H18FN3O2S/c1-8(2)5-6-19(17,18)16-11-4-3-9(13)7-10(11)12(14)15/h3-4,7-8,16H,5-6H2,1-2H3,(H3,14,15). The zero-order chi connectivity index (χ0) is 14.6. The first kappa shape index (κ1) is 15.4. The second kappa shape index (κ2) is 6.01. The molecule has 0 heterocycles. The Morgan fingerprint density at radius 1 is 1.47 bits per heavy atom. The summed E-state index contributed by atoms with van der Waals surface area (Å²) >= 11 is 0. The third kappa shape index (κ3) is 4.86. The lowest BCUT2D eigenvalue weighted by Gasteiger charge is -2.12. The first-order valence-electron chi connectivity index (χ1n) is 5.85. The predicted octanol–water partition coefficient (Wildman–Crippen LogP) is 1.90. The lowest BCUT2D eigenvalue weighted by molar-refractivity contribution is 0.578. The molecule has 0 radical (unpaired) electrons. The molecule has 0 aliphatic rings. The number of nitrogens with one attached hydrogen (secondary N) is 2. The lowest BCUT2D eigenvalue weighted by Crippen LogP contribution is -2.21. The minimum Gasteiger partial charge on any atom is -0.384 e. The molecule has 106 valence electrons. The van der Waals surface area contributed by atoms with Crippen LogP contribution in [0, 0.1) is 17.1 Å². The highest BCUT2D eigenvalue weighted by Crippen LogP contribution is 2.18. The van der Waals surface area contributed by atoms with Crippen LogP contribution in [0.5, 0.6) is 0 Å². The molecule has 0 unspecified atom stereocenters. The Kier molecular flexibility index (Phi) is 4.88. The number of halogens is 1. The summed E-state index contributed by atoms with van der Waals surface area (Å²) in [6.07, 6.45) is 0.520. The highest BCUT2D eigenvalue weighted by Gasteiger charge is 2.15. The molecule has 0 aliphatic heterocycles. The second-order valence-corrected chi connectivity index (χ2v) is 6.55. The molecule has 0 spiro atoms. The monoisotopic (exact) mass is 287 g/mol. The summed E-state index contributed by atoms with van der Waals surface area (Å²) in [5, 5.41) is 7.33. The first-order valence-corrected chi connectivity index (χ1v) is 7.51. The van der Waals surface area contributed by atoms with Gasteiger partial charge in [0.25, 0.3) is 0 Å². The fourth-order valence-electron chi connectivity index (χ4n) is 1.44. The average molecular weight is 287 g/mol. The molecule has 0 atom stereocenters. The van der Waals surface area contributed by atoms with Crippen LogP contribution in [0.3, 0.4) is 0 Å². The highest BCUT2D eigenvalue weighted by atomic mass is 32.2. The Labute approximate surface area is 112 Å². The van der Waals surface area contributed by atoms with Gasteiger partial charge >= 0.3 is 0 Å². The van der Waals surface area contributed by atoms with E-state index in [1.54, 1.807) is 0 Å². The summed E-state index contributed by atoms with van der Waals surface area (Å²) in [4.78, 5) is 0. The molecule has 0 fully saturated rings. The van der Waals surface area contributed by atoms with Crippen LogP contribution in [-0.4, -0.2) is 20.0 Å². The zero-order valence-electron chi connectivity index (χ0n) is 10.9. The molecule has 0 bridgehead atoms. The van der Waals surface area contributed by atoms with E-state index >= 15 is 0 Å². The third-order valence-corrected chi connectivity index (χ3v) is 3.81. The summed E-state index contributed by atoms with van der Waals surface area (Å²) in [6.45, 7) is 3.85. The minimum atomic E-state index is -3.52. The number of sulfonamides is 1. The summed E-state index contributed by atoms with van der Waals surface area (Å²) in [7, 11) is -3.52. The molecule has 1 rings (SSSR count). The van der Waals surface area contributed by atoms with Crippen molar-refractivity contribution in [1.82, 2.24) is 0 Å². The van der Waals surface area contributed by atoms with Gasteiger partial charge in [-0.2, -0.15) is 0 Å². The number of anilines is 1. The van der Waals surface area contributed by atoms with Gasteiger partial charge in [-0.1, -0.05) is 13.8 Å². The number of hydrogen-bond donors (Lipinski definition) is 3. The predicted molar refractivity (Wildman–Crippen MR) is 74.3 cm³/mol. The molecule has 1 aromatic carbocycles. The summed E-state index contributed by atoms with van der Waals surface area (Å²) in [6, 6.07) is 3.41. The van der Waals surface area contributed by atoms with Gasteiger partial charge < -0.3 is 5.73 Å². The highest BCUT2D eigenvalue weighted by molar-refractivity contribution is 7.92. The van der Waals surface area contributed by atoms with Crippen molar-refractivity contribution >= 4 is 21.5 Å². The third-order valence-electron chi connectivity index (χ3n) is 2.50. The van der Waals surface area contributed by atoms with E-state index in [0.29, 0.717) is 6.42 Å². The van der Waals surface area contributed by atoms with Gasteiger partial charge in [-0.3, -0.25) is 10.1 Å². The maximum absolute atomic E-state index is 13.1. The number of nitrogens with two attached hydrogens (primary N) is 1. The number of hydrogen-bond acceptors (Lipinski definition) is 3. The van der Waals surface area contributed by atoms with Crippen molar-refractivity contribution in [3.63, 3.8) is 0 Å². The van der Waals surface area contributed by atoms with E-state index in [4.69, 9.17) is 11.1 Å².